The fourth-order valence-electron chi connectivity index (χ4n) is 1.74. The van der Waals surface area contributed by atoms with Gasteiger partial charge in [-0.15, -0.1) is 11.3 Å². The Bertz CT molecular complexity index is 498. The summed E-state index contributed by atoms with van der Waals surface area (Å²) in [7, 11) is -3.34. The Morgan fingerprint density at radius 1 is 1.29 bits per heavy atom. The molecule has 0 amide bonds. The lowest BCUT2D eigenvalue weighted by Gasteiger charge is -2.06. The molecule has 0 aliphatic carbocycles. The first-order valence-electron chi connectivity index (χ1n) is 7.25. The maximum absolute atomic E-state index is 12.1. The van der Waals surface area contributed by atoms with Crippen LogP contribution in [0.3, 0.4) is 0 Å². The van der Waals surface area contributed by atoms with Gasteiger partial charge in [-0.2, -0.15) is 11.8 Å². The lowest BCUT2D eigenvalue weighted by Crippen LogP contribution is -2.24. The third kappa shape index (κ3) is 7.65. The Morgan fingerprint density at radius 2 is 2.05 bits per heavy atom. The van der Waals surface area contributed by atoms with Crippen molar-refractivity contribution in [1.29, 1.82) is 0 Å². The molecule has 122 valence electrons. The zero-order valence-electron chi connectivity index (χ0n) is 13.0. The Morgan fingerprint density at radius 3 is 2.71 bits per heavy atom. The van der Waals surface area contributed by atoms with E-state index in [-0.39, 0.29) is 0 Å². The van der Waals surface area contributed by atoms with E-state index in [0.717, 1.165) is 29.9 Å². The van der Waals surface area contributed by atoms with Crippen molar-refractivity contribution in [1.82, 2.24) is 10.0 Å². The van der Waals surface area contributed by atoms with Gasteiger partial charge in [-0.3, -0.25) is 0 Å². The van der Waals surface area contributed by atoms with Gasteiger partial charge < -0.3 is 5.32 Å². The molecule has 1 aromatic heterocycles. The molecule has 4 nitrogen and oxygen atoms in total. The highest BCUT2D eigenvalue weighted by Crippen LogP contribution is 2.19. The normalized spacial score (nSPS) is 12.2. The number of hydrogen-bond acceptors (Lipinski definition) is 5. The highest BCUT2D eigenvalue weighted by Gasteiger charge is 2.15. The van der Waals surface area contributed by atoms with Gasteiger partial charge in [0.15, 0.2) is 0 Å². The molecule has 0 saturated heterocycles. The molecule has 2 N–H and O–H groups in total. The summed E-state index contributed by atoms with van der Waals surface area (Å²) in [4.78, 5) is 1.43. The minimum absolute atomic E-state index is 0.386. The fourth-order valence-corrected chi connectivity index (χ4v) is 4.53. The fraction of sp³-hybridized carbons (Fsp3) is 0.714. The van der Waals surface area contributed by atoms with Crippen LogP contribution in [0.4, 0.5) is 0 Å². The van der Waals surface area contributed by atoms with Crippen LogP contribution >= 0.6 is 23.1 Å². The molecule has 0 aliphatic heterocycles. The van der Waals surface area contributed by atoms with Crippen molar-refractivity contribution in [2.24, 2.45) is 0 Å². The summed E-state index contributed by atoms with van der Waals surface area (Å²) in [6.45, 7) is 5.38. The van der Waals surface area contributed by atoms with E-state index in [2.05, 4.69) is 30.1 Å². The molecule has 0 radical (unpaired) electrons. The predicted octanol–water partition coefficient (Wildman–Crippen LogP) is 3.06. The van der Waals surface area contributed by atoms with Crippen molar-refractivity contribution in [3.63, 3.8) is 0 Å². The summed E-state index contributed by atoms with van der Waals surface area (Å²) in [6, 6.07) is 2.15. The Labute approximate surface area is 137 Å². The lowest BCUT2D eigenvalue weighted by molar-refractivity contribution is 0.576. The molecule has 0 spiro atoms. The molecule has 0 atom stereocenters. The van der Waals surface area contributed by atoms with Gasteiger partial charge >= 0.3 is 0 Å². The standard InChI is InChI=1S/C14H26N2O2S3/c1-12(2)15-10-13-9-14(11-20-13)21(17,18)16-7-5-4-6-8-19-3/h9,11-12,15-16H,4-8,10H2,1-3H3. The first kappa shape index (κ1) is 19.0. The van der Waals surface area contributed by atoms with Crippen LogP contribution < -0.4 is 10.0 Å². The summed E-state index contributed by atoms with van der Waals surface area (Å²) >= 11 is 3.31. The average molecular weight is 351 g/mol. The SMILES string of the molecule is CSCCCCCNS(=O)(=O)c1csc(CNC(C)C)c1. The molecule has 0 bridgehead atoms. The molecule has 0 aromatic carbocycles. The zero-order valence-corrected chi connectivity index (χ0v) is 15.5. The Kier molecular flexibility index (Phi) is 8.89. The van der Waals surface area contributed by atoms with Gasteiger partial charge in [0.25, 0.3) is 0 Å². The summed E-state index contributed by atoms with van der Waals surface area (Å²) in [5.74, 6) is 1.14. The van der Waals surface area contributed by atoms with E-state index < -0.39 is 10.0 Å². The van der Waals surface area contributed by atoms with Crippen LogP contribution in [0.5, 0.6) is 0 Å². The second-order valence-corrected chi connectivity index (χ2v) is 8.98. The van der Waals surface area contributed by atoms with E-state index in [1.54, 1.807) is 11.4 Å². The van der Waals surface area contributed by atoms with Gasteiger partial charge in [-0.05, 0) is 30.9 Å². The molecule has 0 fully saturated rings. The second-order valence-electron chi connectivity index (χ2n) is 5.24. The van der Waals surface area contributed by atoms with Crippen LogP contribution in [-0.2, 0) is 16.6 Å². The molecule has 1 heterocycles. The van der Waals surface area contributed by atoms with Crippen molar-refractivity contribution in [2.45, 2.75) is 50.6 Å². The summed E-state index contributed by atoms with van der Waals surface area (Å²) in [5.41, 5.74) is 0. The van der Waals surface area contributed by atoms with Crippen LogP contribution in [0.15, 0.2) is 16.3 Å². The number of thioether (sulfide) groups is 1. The molecule has 21 heavy (non-hydrogen) atoms. The average Bonchev–Trinajstić information content (AvgIpc) is 2.90. The summed E-state index contributed by atoms with van der Waals surface area (Å²) in [6.07, 6.45) is 5.19. The largest absolute Gasteiger partial charge is 0.310 e. The van der Waals surface area contributed by atoms with Crippen molar-refractivity contribution >= 4 is 33.1 Å². The van der Waals surface area contributed by atoms with Gasteiger partial charge in [0.05, 0.1) is 4.90 Å². The van der Waals surface area contributed by atoms with Gasteiger partial charge in [-0.25, -0.2) is 13.1 Å². The van der Waals surface area contributed by atoms with E-state index in [9.17, 15) is 8.42 Å². The molecular weight excluding hydrogens is 324 g/mol. The topological polar surface area (TPSA) is 58.2 Å². The van der Waals surface area contributed by atoms with E-state index in [4.69, 9.17) is 0 Å². The van der Waals surface area contributed by atoms with Crippen LogP contribution in [-0.4, -0.2) is 33.0 Å². The van der Waals surface area contributed by atoms with Crippen LogP contribution in [0.1, 0.15) is 38.0 Å². The number of unbranched alkanes of at least 4 members (excludes halogenated alkanes) is 2. The second kappa shape index (κ2) is 9.84. The maximum Gasteiger partial charge on any atom is 0.241 e. The van der Waals surface area contributed by atoms with E-state index >= 15 is 0 Å². The zero-order chi connectivity index (χ0) is 15.7. The van der Waals surface area contributed by atoms with Gasteiger partial charge in [-0.1, -0.05) is 20.3 Å². The van der Waals surface area contributed by atoms with Crippen LogP contribution in [0.2, 0.25) is 0 Å². The monoisotopic (exact) mass is 350 g/mol. The predicted molar refractivity (Wildman–Crippen MR) is 93.7 cm³/mol. The lowest BCUT2D eigenvalue weighted by atomic mass is 10.2. The molecule has 1 rings (SSSR count). The summed E-state index contributed by atoms with van der Waals surface area (Å²) < 4.78 is 27.0. The molecular formula is C14H26N2O2S3. The van der Waals surface area contributed by atoms with Crippen molar-refractivity contribution in [3.05, 3.63) is 16.3 Å². The molecule has 7 heteroatoms. The summed E-state index contributed by atoms with van der Waals surface area (Å²) in [5, 5.41) is 5.01. The molecule has 0 aliphatic rings. The highest BCUT2D eigenvalue weighted by atomic mass is 32.2. The van der Waals surface area contributed by atoms with Crippen molar-refractivity contribution < 1.29 is 8.42 Å². The number of nitrogens with one attached hydrogen (secondary N) is 2. The van der Waals surface area contributed by atoms with Crippen LogP contribution in [0.25, 0.3) is 0 Å². The number of hydrogen-bond donors (Lipinski definition) is 2. The third-order valence-electron chi connectivity index (χ3n) is 2.94. The Balaban J connectivity index is 2.40. The van der Waals surface area contributed by atoms with E-state index in [1.165, 1.54) is 11.3 Å². The van der Waals surface area contributed by atoms with Gasteiger partial charge in [0, 0.05) is 29.4 Å². The molecule has 1 aromatic rings. The third-order valence-corrected chi connectivity index (χ3v) is 6.17. The Hall–Kier alpha value is -0.0800. The number of rotatable bonds is 11. The molecule has 0 unspecified atom stereocenters. The first-order chi connectivity index (χ1) is 9.95. The van der Waals surface area contributed by atoms with E-state index in [1.807, 2.05) is 11.8 Å². The molecule has 0 saturated carbocycles. The minimum Gasteiger partial charge on any atom is -0.310 e. The van der Waals surface area contributed by atoms with Crippen molar-refractivity contribution in [2.75, 3.05) is 18.6 Å². The number of sulfonamides is 1. The highest BCUT2D eigenvalue weighted by molar-refractivity contribution is 7.98. The maximum atomic E-state index is 12.1. The quantitative estimate of drug-likeness (QED) is 0.602. The minimum atomic E-state index is -3.34. The van der Waals surface area contributed by atoms with Gasteiger partial charge in [0.2, 0.25) is 10.0 Å². The smallest absolute Gasteiger partial charge is 0.241 e. The van der Waals surface area contributed by atoms with E-state index in [0.29, 0.717) is 24.0 Å². The first-order valence-corrected chi connectivity index (χ1v) is 11.0. The van der Waals surface area contributed by atoms with Crippen molar-refractivity contribution in [3.8, 4) is 0 Å². The number of thiophene rings is 1. The van der Waals surface area contributed by atoms with Gasteiger partial charge in [0.1, 0.15) is 0 Å². The van der Waals surface area contributed by atoms with Crippen LogP contribution in [0, 0.1) is 0 Å².